The number of methoxy groups -OCH3 is 1. The number of nitrogens with zero attached hydrogens (tertiary/aromatic N) is 3. The fourth-order valence-electron chi connectivity index (χ4n) is 7.32. The van der Waals surface area contributed by atoms with Crippen molar-refractivity contribution >= 4 is 44.5 Å². The number of allylic oxidation sites excluding steroid dienone is 1. The number of benzene rings is 2. The van der Waals surface area contributed by atoms with Gasteiger partial charge >= 0.3 is 0 Å². The van der Waals surface area contributed by atoms with E-state index >= 15 is 0 Å². The van der Waals surface area contributed by atoms with Gasteiger partial charge in [-0.25, -0.2) is 23.1 Å². The third kappa shape index (κ3) is 7.74. The lowest BCUT2D eigenvalue weighted by Crippen LogP contribution is -2.56. The highest BCUT2D eigenvalue weighted by Crippen LogP contribution is 2.46. The van der Waals surface area contributed by atoms with Crippen LogP contribution in [0.3, 0.4) is 0 Å². The molecule has 1 saturated heterocycles. The molecule has 3 amide bonds. The number of anilines is 1. The Balaban J connectivity index is 1.14. The number of amides is 3. The number of pyridine rings is 2. The summed E-state index contributed by atoms with van der Waals surface area (Å²) in [4.78, 5) is 51.5. The highest BCUT2D eigenvalue weighted by Gasteiger charge is 2.61. The van der Waals surface area contributed by atoms with Gasteiger partial charge in [0.2, 0.25) is 11.8 Å². The molecule has 0 unspecified atom stereocenters. The Morgan fingerprint density at radius 3 is 2.63 bits per heavy atom. The van der Waals surface area contributed by atoms with Crippen LogP contribution >= 0.6 is 0 Å². The maximum Gasteiger partial charge on any atom is 0.267 e. The van der Waals surface area contributed by atoms with Gasteiger partial charge in [0, 0.05) is 55.1 Å². The summed E-state index contributed by atoms with van der Waals surface area (Å²) in [5, 5.41) is 6.73. The van der Waals surface area contributed by atoms with Gasteiger partial charge in [-0.15, -0.1) is 0 Å². The molecule has 54 heavy (non-hydrogen) atoms. The number of aromatic nitrogens is 2. The van der Waals surface area contributed by atoms with Crippen LogP contribution in [0.2, 0.25) is 0 Å². The first-order chi connectivity index (χ1) is 26.1. The quantitative estimate of drug-likeness (QED) is 0.228. The molecule has 2 aromatic heterocycles. The van der Waals surface area contributed by atoms with Crippen LogP contribution < -0.4 is 24.8 Å². The molecule has 3 aliphatic rings. The van der Waals surface area contributed by atoms with Crippen molar-refractivity contribution in [1.29, 1.82) is 0 Å². The Kier molecular flexibility index (Phi) is 10.5. The summed E-state index contributed by atoms with van der Waals surface area (Å²) in [5.74, 6) is -0.854. The molecule has 14 heteroatoms. The fraction of sp³-hybridized carbons (Fsp3) is 0.375. The van der Waals surface area contributed by atoms with Crippen molar-refractivity contribution in [1.82, 2.24) is 24.9 Å². The molecule has 4 heterocycles. The molecule has 282 valence electrons. The molecule has 7 rings (SSSR count). The number of likely N-dealkylation sites (tertiary alicyclic amines) is 1. The second-order valence-electron chi connectivity index (χ2n) is 14.0. The van der Waals surface area contributed by atoms with Gasteiger partial charge in [-0.3, -0.25) is 14.4 Å². The Hall–Kier alpha value is -5.50. The number of carbonyl (C=O) groups excluding carboxylic acids is 3. The molecule has 0 bridgehead atoms. The van der Waals surface area contributed by atoms with Crippen LogP contribution in [-0.4, -0.2) is 78.9 Å². The van der Waals surface area contributed by atoms with Crippen LogP contribution in [0.4, 0.5) is 5.82 Å². The van der Waals surface area contributed by atoms with Gasteiger partial charge in [0.25, 0.3) is 15.9 Å². The highest BCUT2D eigenvalue weighted by molar-refractivity contribution is 7.90. The molecular weight excluding hydrogens is 709 g/mol. The second-order valence-corrected chi connectivity index (χ2v) is 15.7. The van der Waals surface area contributed by atoms with E-state index in [-0.39, 0.29) is 36.0 Å². The van der Waals surface area contributed by atoms with E-state index in [0.717, 1.165) is 43.1 Å². The summed E-state index contributed by atoms with van der Waals surface area (Å²) in [6.07, 6.45) is 9.70. The Bertz CT molecular complexity index is 2200. The van der Waals surface area contributed by atoms with Crippen molar-refractivity contribution < 1.29 is 32.3 Å². The summed E-state index contributed by atoms with van der Waals surface area (Å²) in [6, 6.07) is 18.9. The van der Waals surface area contributed by atoms with Crippen molar-refractivity contribution in [2.24, 2.45) is 5.92 Å². The van der Waals surface area contributed by atoms with E-state index in [2.05, 4.69) is 20.3 Å². The average Bonchev–Trinajstić information content (AvgIpc) is 3.69. The van der Waals surface area contributed by atoms with E-state index in [9.17, 15) is 22.8 Å². The first-order valence-corrected chi connectivity index (χ1v) is 19.8. The molecule has 3 N–H and O–H groups in total. The van der Waals surface area contributed by atoms with Crippen LogP contribution in [0.1, 0.15) is 51.9 Å². The molecular formula is C40H44N6O7S. The predicted molar refractivity (Wildman–Crippen MR) is 203 cm³/mol. The third-order valence-corrected chi connectivity index (χ3v) is 11.7. The predicted octanol–water partition coefficient (Wildman–Crippen LogP) is 4.99. The second kappa shape index (κ2) is 15.5. The lowest BCUT2D eigenvalue weighted by molar-refractivity contribution is -0.138. The number of sulfonamides is 1. The number of hydrogen-bond acceptors (Lipinski definition) is 10. The zero-order valence-electron chi connectivity index (χ0n) is 30.3. The SMILES string of the molecule is COc1ccc2c(O[C@@H]3C[C@@H](C(=O)N[C@]45C[C@H]4C=CCCCCCCNc4ncccc4S(=O)(=O)NC5=O)N(C(C)=O)C3)cc(-c3ccccc3)nc2c1. The van der Waals surface area contributed by atoms with E-state index in [4.69, 9.17) is 14.5 Å². The summed E-state index contributed by atoms with van der Waals surface area (Å²) in [6.45, 7) is 2.04. The molecule has 1 aliphatic carbocycles. The maximum atomic E-state index is 14.2. The Morgan fingerprint density at radius 1 is 1.02 bits per heavy atom. The lowest BCUT2D eigenvalue weighted by atomic mass is 10.1. The van der Waals surface area contributed by atoms with E-state index in [1.54, 1.807) is 7.11 Å². The summed E-state index contributed by atoms with van der Waals surface area (Å²) >= 11 is 0. The topological polar surface area (TPSA) is 169 Å². The lowest BCUT2D eigenvalue weighted by Gasteiger charge is -2.25. The van der Waals surface area contributed by atoms with Crippen LogP contribution in [0.5, 0.6) is 11.5 Å². The fourth-order valence-corrected chi connectivity index (χ4v) is 8.49. The van der Waals surface area contributed by atoms with E-state index in [1.165, 1.54) is 30.2 Å². The zero-order valence-corrected chi connectivity index (χ0v) is 31.1. The summed E-state index contributed by atoms with van der Waals surface area (Å²) in [7, 11) is -2.78. The van der Waals surface area contributed by atoms with Crippen LogP contribution in [0.25, 0.3) is 22.2 Å². The third-order valence-electron chi connectivity index (χ3n) is 10.3. The number of hydrogen-bond donors (Lipinski definition) is 3. The molecule has 2 fully saturated rings. The number of ether oxygens (including phenoxy) is 2. The highest BCUT2D eigenvalue weighted by atomic mass is 32.2. The van der Waals surface area contributed by atoms with Gasteiger partial charge in [-0.05, 0) is 49.9 Å². The largest absolute Gasteiger partial charge is 0.497 e. The smallest absolute Gasteiger partial charge is 0.267 e. The Labute approximate surface area is 314 Å². The zero-order chi connectivity index (χ0) is 37.9. The molecule has 2 aliphatic heterocycles. The monoisotopic (exact) mass is 752 g/mol. The molecule has 1 saturated carbocycles. The summed E-state index contributed by atoms with van der Waals surface area (Å²) < 4.78 is 41.5. The number of nitrogens with one attached hydrogen (secondary N) is 3. The standard InChI is InChI=1S/C40H44N6O7S/c1-26(47)46-25-30(53-35-23-32(27-13-8-7-9-14-27)43-33-21-29(52-2)17-18-31(33)35)22-34(46)38(48)44-40-24-28(40)15-10-5-3-4-6-11-19-41-37-36(16-12-20-42-37)54(50,51)45-39(40)49/h7-10,12-18,20-21,23,28,30,34H,3-6,11,19,22,24-25H2,1-2H3,(H,41,42)(H,44,48)(H,45,49)/t28-,30-,34+,40-/m1/s1. The normalized spacial score (nSPS) is 24.0. The molecule has 4 aromatic rings. The number of rotatable bonds is 6. The molecule has 4 atom stereocenters. The first kappa shape index (κ1) is 36.8. The van der Waals surface area contributed by atoms with Crippen LogP contribution in [0.15, 0.2) is 90.0 Å². The van der Waals surface area contributed by atoms with Gasteiger partial charge in [0.15, 0.2) is 0 Å². The maximum absolute atomic E-state index is 14.2. The molecule has 2 aromatic carbocycles. The number of carbonyl (C=O) groups is 3. The average molecular weight is 753 g/mol. The minimum atomic E-state index is -4.37. The van der Waals surface area contributed by atoms with Crippen molar-refractivity contribution in [3.8, 4) is 22.8 Å². The van der Waals surface area contributed by atoms with Crippen molar-refractivity contribution in [2.75, 3.05) is 25.5 Å². The number of fused-ring (bicyclic) bond motifs is 3. The van der Waals surface area contributed by atoms with Gasteiger partial charge in [0.1, 0.15) is 39.9 Å². The minimum absolute atomic E-state index is 0.127. The van der Waals surface area contributed by atoms with Gasteiger partial charge in [-0.2, -0.15) is 0 Å². The van der Waals surface area contributed by atoms with Crippen molar-refractivity contribution in [3.63, 3.8) is 0 Å². The van der Waals surface area contributed by atoms with Gasteiger partial charge < -0.3 is 25.0 Å². The van der Waals surface area contributed by atoms with E-state index in [1.807, 2.05) is 66.7 Å². The molecule has 0 radical (unpaired) electrons. The molecule has 13 nitrogen and oxygen atoms in total. The van der Waals surface area contributed by atoms with Gasteiger partial charge in [-0.1, -0.05) is 55.3 Å². The minimum Gasteiger partial charge on any atom is -0.497 e. The van der Waals surface area contributed by atoms with Crippen LogP contribution in [0, 0.1) is 5.92 Å². The van der Waals surface area contributed by atoms with Crippen LogP contribution in [-0.2, 0) is 24.4 Å². The van der Waals surface area contributed by atoms with E-state index < -0.39 is 45.4 Å². The summed E-state index contributed by atoms with van der Waals surface area (Å²) in [5.41, 5.74) is 0.700. The Morgan fingerprint density at radius 2 is 1.83 bits per heavy atom. The molecule has 0 spiro atoms. The van der Waals surface area contributed by atoms with Gasteiger partial charge in [0.05, 0.1) is 24.9 Å². The van der Waals surface area contributed by atoms with E-state index in [0.29, 0.717) is 29.3 Å². The van der Waals surface area contributed by atoms with Crippen molar-refractivity contribution in [3.05, 3.63) is 85.1 Å². The first-order valence-electron chi connectivity index (χ1n) is 18.3. The van der Waals surface area contributed by atoms with Crippen molar-refractivity contribution in [2.45, 2.75) is 74.4 Å².